The summed E-state index contributed by atoms with van der Waals surface area (Å²) in [5.41, 5.74) is 0.679. The van der Waals surface area contributed by atoms with Crippen molar-refractivity contribution in [2.24, 2.45) is 16.2 Å². The van der Waals surface area contributed by atoms with Gasteiger partial charge in [-0.1, -0.05) is 0 Å². The summed E-state index contributed by atoms with van der Waals surface area (Å²) in [6.45, 7) is 0.561. The van der Waals surface area contributed by atoms with E-state index in [1.165, 1.54) is 20.3 Å². The molecule has 0 spiro atoms. The summed E-state index contributed by atoms with van der Waals surface area (Å²) in [7, 11) is -1.04. The molecule has 0 radical (unpaired) electrons. The summed E-state index contributed by atoms with van der Waals surface area (Å²) in [6.07, 6.45) is 5.45. The van der Waals surface area contributed by atoms with Gasteiger partial charge in [0.15, 0.2) is 11.5 Å². The molecule has 4 rings (SSSR count). The summed E-state index contributed by atoms with van der Waals surface area (Å²) in [6, 6.07) is 4.97. The molecule has 0 atom stereocenters. The standard InChI is InChI=1S/C20H24N2O6S/c1-26-18-8-7-15(9-19(18)27-2)16-10-17(20(23)28-12-14-5-6-14)22(11-13-3-4-13)29(24,25)21-16/h7-10,13-14H,3-6,11-12H2,1-2H3. The maximum atomic E-state index is 12.9. The van der Waals surface area contributed by atoms with Crippen LogP contribution in [0.4, 0.5) is 0 Å². The van der Waals surface area contributed by atoms with Crippen molar-refractivity contribution in [2.45, 2.75) is 25.7 Å². The van der Waals surface area contributed by atoms with Gasteiger partial charge in [-0.2, -0.15) is 8.42 Å². The zero-order valence-electron chi connectivity index (χ0n) is 16.5. The predicted molar refractivity (Wildman–Crippen MR) is 106 cm³/mol. The monoisotopic (exact) mass is 420 g/mol. The van der Waals surface area contributed by atoms with E-state index in [-0.39, 0.29) is 23.9 Å². The van der Waals surface area contributed by atoms with Gasteiger partial charge in [0.25, 0.3) is 0 Å². The first-order valence-corrected chi connectivity index (χ1v) is 11.0. The van der Waals surface area contributed by atoms with Gasteiger partial charge in [-0.05, 0) is 61.8 Å². The quantitative estimate of drug-likeness (QED) is 0.599. The highest BCUT2D eigenvalue weighted by Gasteiger charge is 2.38. The number of carbonyl (C=O) groups excluding carboxylic acids is 1. The van der Waals surface area contributed by atoms with E-state index < -0.39 is 16.2 Å². The van der Waals surface area contributed by atoms with Crippen LogP contribution >= 0.6 is 0 Å². The van der Waals surface area contributed by atoms with Crippen LogP contribution in [0, 0.1) is 11.8 Å². The van der Waals surface area contributed by atoms with Gasteiger partial charge in [-0.3, -0.25) is 0 Å². The molecule has 156 valence electrons. The van der Waals surface area contributed by atoms with Gasteiger partial charge >= 0.3 is 16.2 Å². The molecular formula is C20H24N2O6S. The number of ether oxygens (including phenoxy) is 3. The van der Waals surface area contributed by atoms with Crippen LogP contribution in [0.25, 0.3) is 0 Å². The summed E-state index contributed by atoms with van der Waals surface area (Å²) in [4.78, 5) is 12.7. The van der Waals surface area contributed by atoms with E-state index in [4.69, 9.17) is 14.2 Å². The van der Waals surface area contributed by atoms with Crippen LogP contribution in [0.5, 0.6) is 11.5 Å². The largest absolute Gasteiger partial charge is 0.493 e. The second-order valence-corrected chi connectivity index (χ2v) is 9.09. The van der Waals surface area contributed by atoms with Crippen LogP contribution in [0.15, 0.2) is 34.4 Å². The number of esters is 1. The minimum Gasteiger partial charge on any atom is -0.493 e. The highest BCUT2D eigenvalue weighted by atomic mass is 32.2. The maximum absolute atomic E-state index is 12.9. The third-order valence-corrected chi connectivity index (χ3v) is 6.52. The fraction of sp³-hybridized carbons (Fsp3) is 0.500. The van der Waals surface area contributed by atoms with Gasteiger partial charge in [0.1, 0.15) is 5.70 Å². The van der Waals surface area contributed by atoms with Crippen molar-refractivity contribution in [1.29, 1.82) is 0 Å². The van der Waals surface area contributed by atoms with E-state index in [1.54, 1.807) is 18.2 Å². The number of hydrogen-bond donors (Lipinski definition) is 0. The number of rotatable bonds is 8. The molecule has 0 saturated heterocycles. The molecule has 0 aromatic heterocycles. The van der Waals surface area contributed by atoms with Gasteiger partial charge in [0.05, 0.1) is 26.5 Å². The molecule has 1 aliphatic heterocycles. The molecule has 1 heterocycles. The van der Waals surface area contributed by atoms with Crippen molar-refractivity contribution < 1.29 is 27.4 Å². The number of hydrogen-bond acceptors (Lipinski definition) is 6. The van der Waals surface area contributed by atoms with Gasteiger partial charge in [-0.25, -0.2) is 9.10 Å². The van der Waals surface area contributed by atoms with E-state index in [2.05, 4.69) is 4.40 Å². The Morgan fingerprint density at radius 2 is 1.79 bits per heavy atom. The molecule has 0 N–H and O–H groups in total. The summed E-state index contributed by atoms with van der Waals surface area (Å²) in [5, 5.41) is 0. The van der Waals surface area contributed by atoms with Crippen molar-refractivity contribution in [1.82, 2.24) is 4.31 Å². The van der Waals surface area contributed by atoms with Crippen molar-refractivity contribution in [3.8, 4) is 11.5 Å². The third-order valence-electron chi connectivity index (χ3n) is 5.19. The van der Waals surface area contributed by atoms with E-state index in [0.29, 0.717) is 29.6 Å². The highest BCUT2D eigenvalue weighted by Crippen LogP contribution is 2.35. The Bertz CT molecular complexity index is 977. The van der Waals surface area contributed by atoms with Crippen LogP contribution in [0.3, 0.4) is 0 Å². The molecule has 29 heavy (non-hydrogen) atoms. The Morgan fingerprint density at radius 3 is 2.41 bits per heavy atom. The molecule has 0 unspecified atom stereocenters. The third kappa shape index (κ3) is 4.39. The molecule has 2 aliphatic carbocycles. The minimum absolute atomic E-state index is 0.0114. The molecule has 9 heteroatoms. The molecular weight excluding hydrogens is 396 g/mol. The zero-order chi connectivity index (χ0) is 20.6. The molecule has 2 saturated carbocycles. The lowest BCUT2D eigenvalue weighted by Crippen LogP contribution is -2.38. The second-order valence-electron chi connectivity index (χ2n) is 7.57. The van der Waals surface area contributed by atoms with Crippen molar-refractivity contribution in [3.63, 3.8) is 0 Å². The lowest BCUT2D eigenvalue weighted by molar-refractivity contribution is -0.140. The SMILES string of the molecule is COc1ccc(C2=NS(=O)(=O)N(CC3CC3)C(C(=O)OCC3CC3)=C2)cc1OC. The topological polar surface area (TPSA) is 94.5 Å². The van der Waals surface area contributed by atoms with Crippen LogP contribution < -0.4 is 9.47 Å². The Balaban J connectivity index is 1.69. The Labute approximate surface area is 170 Å². The Hall–Kier alpha value is -2.55. The Morgan fingerprint density at radius 1 is 1.10 bits per heavy atom. The van der Waals surface area contributed by atoms with Crippen molar-refractivity contribution in [3.05, 3.63) is 35.5 Å². The first-order chi connectivity index (χ1) is 13.9. The average Bonchev–Trinajstić information content (AvgIpc) is 3.61. The second kappa shape index (κ2) is 7.70. The van der Waals surface area contributed by atoms with E-state index in [1.807, 2.05) is 0 Å². The molecule has 0 bridgehead atoms. The fourth-order valence-electron chi connectivity index (χ4n) is 3.10. The average molecular weight is 420 g/mol. The van der Waals surface area contributed by atoms with Crippen LogP contribution in [0.2, 0.25) is 0 Å². The van der Waals surface area contributed by atoms with Gasteiger partial charge in [0.2, 0.25) is 0 Å². The van der Waals surface area contributed by atoms with Gasteiger partial charge in [-0.15, -0.1) is 4.40 Å². The predicted octanol–water partition coefficient (Wildman–Crippen LogP) is 2.30. The lowest BCUT2D eigenvalue weighted by Gasteiger charge is -2.27. The summed E-state index contributed by atoms with van der Waals surface area (Å²) < 4.78 is 46.8. The number of methoxy groups -OCH3 is 2. The molecule has 1 aromatic rings. The first-order valence-electron chi connectivity index (χ1n) is 9.65. The smallest absolute Gasteiger partial charge is 0.355 e. The molecule has 3 aliphatic rings. The molecule has 1 aromatic carbocycles. The van der Waals surface area contributed by atoms with Gasteiger partial charge in [0, 0.05) is 12.1 Å². The molecule has 2 fully saturated rings. The van der Waals surface area contributed by atoms with Crippen LogP contribution in [-0.2, 0) is 19.7 Å². The van der Waals surface area contributed by atoms with E-state index in [9.17, 15) is 13.2 Å². The van der Waals surface area contributed by atoms with Gasteiger partial charge < -0.3 is 14.2 Å². The zero-order valence-corrected chi connectivity index (χ0v) is 17.3. The lowest BCUT2D eigenvalue weighted by atomic mass is 10.1. The summed E-state index contributed by atoms with van der Waals surface area (Å²) >= 11 is 0. The number of benzene rings is 1. The van der Waals surface area contributed by atoms with E-state index >= 15 is 0 Å². The number of carbonyl (C=O) groups is 1. The Kier molecular flexibility index (Phi) is 5.24. The normalized spacial score (nSPS) is 20.6. The van der Waals surface area contributed by atoms with Crippen molar-refractivity contribution in [2.75, 3.05) is 27.4 Å². The van der Waals surface area contributed by atoms with Crippen LogP contribution in [0.1, 0.15) is 31.2 Å². The van der Waals surface area contributed by atoms with Crippen LogP contribution in [-0.4, -0.2) is 51.8 Å². The number of nitrogens with zero attached hydrogens (tertiary/aromatic N) is 2. The highest BCUT2D eigenvalue weighted by molar-refractivity contribution is 7.88. The molecule has 8 nitrogen and oxygen atoms in total. The number of allylic oxidation sites excluding steroid dienone is 1. The maximum Gasteiger partial charge on any atom is 0.355 e. The van der Waals surface area contributed by atoms with E-state index in [0.717, 1.165) is 30.0 Å². The fourth-order valence-corrected chi connectivity index (χ4v) is 4.38. The molecule has 0 amide bonds. The minimum atomic E-state index is -4.05. The van der Waals surface area contributed by atoms with Crippen molar-refractivity contribution >= 4 is 21.9 Å². The summed E-state index contributed by atoms with van der Waals surface area (Å²) in [5.74, 6) is 0.961. The first kappa shape index (κ1) is 19.8.